The standard InChI is InChI=1S/C39H37Cl2N5O5/c1-19-12-26(13-20(2)34(19)41)51-11-7-8-27-28-9-10-29(40)33(32-22(4)42-18-43-23(32)5)36(28)46-21(3)17-45(38(47)37(27)46)31-16-25(50-6)14-24-15-30(39(48)49)44-35(24)31/h9-10,12-16,18,21,44H,7-8,11,17H2,1-6H3,(H,48,49)/t21-/m1/s1. The van der Waals surface area contributed by atoms with Crippen molar-refractivity contribution in [3.8, 4) is 22.6 Å². The van der Waals surface area contributed by atoms with Gasteiger partial charge in [-0.25, -0.2) is 14.8 Å². The van der Waals surface area contributed by atoms with Crippen LogP contribution in [0.2, 0.25) is 10.0 Å². The summed E-state index contributed by atoms with van der Waals surface area (Å²) in [5.41, 5.74) is 8.45. The van der Waals surface area contributed by atoms with Crippen LogP contribution in [-0.4, -0.2) is 56.8 Å². The predicted octanol–water partition coefficient (Wildman–Crippen LogP) is 9.06. The molecule has 1 atom stereocenters. The van der Waals surface area contributed by atoms with E-state index in [1.54, 1.807) is 36.5 Å². The van der Waals surface area contributed by atoms with Crippen LogP contribution in [0.4, 0.5) is 5.69 Å². The normalized spacial score (nSPS) is 14.4. The molecule has 6 aromatic rings. The summed E-state index contributed by atoms with van der Waals surface area (Å²) < 4.78 is 13.9. The lowest BCUT2D eigenvalue weighted by atomic mass is 9.97. The molecule has 0 aliphatic carbocycles. The maximum absolute atomic E-state index is 15.0. The third-order valence-electron chi connectivity index (χ3n) is 9.72. The van der Waals surface area contributed by atoms with E-state index in [4.69, 9.17) is 32.7 Å². The summed E-state index contributed by atoms with van der Waals surface area (Å²) in [6, 6.07) is 12.6. The zero-order valence-corrected chi connectivity index (χ0v) is 30.7. The molecule has 0 saturated heterocycles. The Kier molecular flexibility index (Phi) is 8.93. The molecule has 51 heavy (non-hydrogen) atoms. The van der Waals surface area contributed by atoms with Crippen molar-refractivity contribution < 1.29 is 24.2 Å². The van der Waals surface area contributed by atoms with Gasteiger partial charge in [-0.15, -0.1) is 0 Å². The Hall–Kier alpha value is -5.06. The molecule has 0 bridgehead atoms. The summed E-state index contributed by atoms with van der Waals surface area (Å²) in [6.45, 7) is 10.6. The number of benzene rings is 3. The predicted molar refractivity (Wildman–Crippen MR) is 200 cm³/mol. The van der Waals surface area contributed by atoms with Crippen molar-refractivity contribution in [3.05, 3.63) is 98.3 Å². The minimum absolute atomic E-state index is 0.0213. The SMILES string of the molecule is COc1cc(N2C[C@@H](C)n3c(c(CCCOc4cc(C)c(Cl)c(C)c4)c4ccc(Cl)c(-c5c(C)ncnc5C)c43)C2=O)c2[nH]c(C(=O)O)cc2c1. The summed E-state index contributed by atoms with van der Waals surface area (Å²) in [6.07, 6.45) is 2.71. The first-order valence-electron chi connectivity index (χ1n) is 16.7. The third-order valence-corrected chi connectivity index (χ3v) is 10.6. The first-order chi connectivity index (χ1) is 24.4. The van der Waals surface area contributed by atoms with Crippen LogP contribution >= 0.6 is 23.2 Å². The highest BCUT2D eigenvalue weighted by molar-refractivity contribution is 6.35. The number of aromatic carboxylic acids is 1. The molecule has 262 valence electrons. The maximum Gasteiger partial charge on any atom is 0.352 e. The molecular weight excluding hydrogens is 689 g/mol. The van der Waals surface area contributed by atoms with Crippen LogP contribution in [0.3, 0.4) is 0 Å². The number of halogens is 2. The van der Waals surface area contributed by atoms with Gasteiger partial charge in [-0.3, -0.25) is 4.79 Å². The number of methoxy groups -OCH3 is 1. The van der Waals surface area contributed by atoms with Gasteiger partial charge in [-0.1, -0.05) is 29.3 Å². The molecule has 12 heteroatoms. The van der Waals surface area contributed by atoms with Crippen molar-refractivity contribution in [3.63, 3.8) is 0 Å². The molecule has 7 rings (SSSR count). The van der Waals surface area contributed by atoms with Crippen LogP contribution in [0.25, 0.3) is 32.9 Å². The van der Waals surface area contributed by atoms with Crippen molar-refractivity contribution in [2.75, 3.05) is 25.2 Å². The highest BCUT2D eigenvalue weighted by atomic mass is 35.5. The number of carboxylic acids is 1. The van der Waals surface area contributed by atoms with E-state index < -0.39 is 5.97 Å². The monoisotopic (exact) mass is 725 g/mol. The summed E-state index contributed by atoms with van der Waals surface area (Å²) in [7, 11) is 1.55. The first kappa shape index (κ1) is 34.4. The van der Waals surface area contributed by atoms with Gasteiger partial charge in [0.25, 0.3) is 5.91 Å². The van der Waals surface area contributed by atoms with Gasteiger partial charge in [0.1, 0.15) is 29.2 Å². The molecule has 10 nitrogen and oxygen atoms in total. The molecule has 0 spiro atoms. The Bertz CT molecular complexity index is 2350. The van der Waals surface area contributed by atoms with Gasteiger partial charge in [0.15, 0.2) is 0 Å². The fourth-order valence-electron chi connectivity index (χ4n) is 7.40. The molecule has 3 aromatic heterocycles. The Labute approximate surface area is 304 Å². The van der Waals surface area contributed by atoms with Crippen LogP contribution in [0, 0.1) is 27.7 Å². The van der Waals surface area contributed by atoms with Crippen molar-refractivity contribution in [1.29, 1.82) is 0 Å². The number of H-pyrrole nitrogens is 1. The highest BCUT2D eigenvalue weighted by Gasteiger charge is 2.37. The number of aromatic nitrogens is 4. The van der Waals surface area contributed by atoms with Crippen molar-refractivity contribution in [2.45, 2.75) is 53.5 Å². The van der Waals surface area contributed by atoms with Crippen LogP contribution in [-0.2, 0) is 6.42 Å². The molecule has 2 N–H and O–H groups in total. The van der Waals surface area contributed by atoms with Crippen LogP contribution in [0.5, 0.6) is 11.5 Å². The Morgan fingerprint density at radius 1 is 1.00 bits per heavy atom. The maximum atomic E-state index is 15.0. The number of carbonyl (C=O) groups excluding carboxylic acids is 1. The van der Waals surface area contributed by atoms with Crippen molar-refractivity contribution >= 4 is 62.6 Å². The second-order valence-electron chi connectivity index (χ2n) is 13.1. The largest absolute Gasteiger partial charge is 0.497 e. The van der Waals surface area contributed by atoms with E-state index in [-0.39, 0.29) is 17.6 Å². The Balaban J connectivity index is 1.39. The molecule has 0 saturated carbocycles. The minimum Gasteiger partial charge on any atom is -0.497 e. The third kappa shape index (κ3) is 5.86. The number of aryl methyl sites for hydroxylation is 5. The average molecular weight is 727 g/mol. The van der Waals surface area contributed by atoms with Crippen molar-refractivity contribution in [2.24, 2.45) is 0 Å². The second kappa shape index (κ2) is 13.2. The number of nitrogens with zero attached hydrogens (tertiary/aromatic N) is 4. The number of hydrogen-bond donors (Lipinski definition) is 2. The second-order valence-corrected chi connectivity index (χ2v) is 13.9. The van der Waals surface area contributed by atoms with Gasteiger partial charge in [-0.05, 0) is 94.5 Å². The molecule has 1 amide bonds. The highest BCUT2D eigenvalue weighted by Crippen LogP contribution is 2.45. The molecular formula is C39H37Cl2N5O5. The number of amides is 1. The molecule has 0 unspecified atom stereocenters. The van der Waals surface area contributed by atoms with E-state index in [0.29, 0.717) is 59.0 Å². The summed E-state index contributed by atoms with van der Waals surface area (Å²) in [5, 5.41) is 12.6. The van der Waals surface area contributed by atoms with Crippen LogP contribution in [0.1, 0.15) is 68.4 Å². The number of fused-ring (bicyclic) bond motifs is 4. The molecule has 3 aromatic carbocycles. The van der Waals surface area contributed by atoms with E-state index in [9.17, 15) is 14.7 Å². The van der Waals surface area contributed by atoms with Gasteiger partial charge in [0, 0.05) is 57.0 Å². The molecule has 0 radical (unpaired) electrons. The number of hydrogen-bond acceptors (Lipinski definition) is 6. The lowest BCUT2D eigenvalue weighted by Gasteiger charge is -2.34. The van der Waals surface area contributed by atoms with E-state index in [0.717, 1.165) is 60.9 Å². The van der Waals surface area contributed by atoms with E-state index in [1.807, 2.05) is 52.0 Å². The smallest absolute Gasteiger partial charge is 0.352 e. The number of aromatic amines is 1. The zero-order chi connectivity index (χ0) is 36.3. The van der Waals surface area contributed by atoms with E-state index >= 15 is 0 Å². The summed E-state index contributed by atoms with van der Waals surface area (Å²) >= 11 is 13.4. The Morgan fingerprint density at radius 2 is 1.71 bits per heavy atom. The fourth-order valence-corrected chi connectivity index (χ4v) is 7.76. The lowest BCUT2D eigenvalue weighted by molar-refractivity contribution is 0.0691. The topological polar surface area (TPSA) is 123 Å². The van der Waals surface area contributed by atoms with Gasteiger partial charge in [-0.2, -0.15) is 0 Å². The number of ether oxygens (including phenoxy) is 2. The molecule has 4 heterocycles. The first-order valence-corrected chi connectivity index (χ1v) is 17.4. The molecule has 1 aliphatic heterocycles. The quantitative estimate of drug-likeness (QED) is 0.143. The van der Waals surface area contributed by atoms with Gasteiger partial charge in [0.05, 0.1) is 35.5 Å². The zero-order valence-electron chi connectivity index (χ0n) is 29.1. The number of rotatable bonds is 9. The van der Waals surface area contributed by atoms with Crippen LogP contribution in [0.15, 0.2) is 48.8 Å². The molecule has 1 aliphatic rings. The lowest BCUT2D eigenvalue weighted by Crippen LogP contribution is -2.42. The average Bonchev–Trinajstić information content (AvgIpc) is 3.68. The number of nitrogens with one attached hydrogen (secondary N) is 1. The number of carboxylic acid groups (broad SMARTS) is 1. The van der Waals surface area contributed by atoms with E-state index in [2.05, 4.69) is 26.4 Å². The Morgan fingerprint density at radius 3 is 2.37 bits per heavy atom. The summed E-state index contributed by atoms with van der Waals surface area (Å²) in [5.74, 6) is -0.0612. The fraction of sp³-hybridized carbons (Fsp3) is 0.282. The van der Waals surface area contributed by atoms with Gasteiger partial charge >= 0.3 is 5.97 Å². The molecule has 0 fully saturated rings. The number of anilines is 1. The minimum atomic E-state index is -1.09. The van der Waals surface area contributed by atoms with Crippen molar-refractivity contribution in [1.82, 2.24) is 19.5 Å². The van der Waals surface area contributed by atoms with Gasteiger partial charge < -0.3 is 29.0 Å². The van der Waals surface area contributed by atoms with Gasteiger partial charge in [0.2, 0.25) is 0 Å². The number of carbonyl (C=O) groups is 2. The summed E-state index contributed by atoms with van der Waals surface area (Å²) in [4.78, 5) is 40.7. The van der Waals surface area contributed by atoms with Crippen LogP contribution < -0.4 is 14.4 Å². The van der Waals surface area contributed by atoms with E-state index in [1.165, 1.54) is 0 Å².